The lowest BCUT2D eigenvalue weighted by Gasteiger charge is -2.15. The highest BCUT2D eigenvalue weighted by Gasteiger charge is 2.16. The van der Waals surface area contributed by atoms with Crippen molar-refractivity contribution in [1.29, 1.82) is 0 Å². The van der Waals surface area contributed by atoms with E-state index in [2.05, 4.69) is 17.2 Å². The number of aromatic nitrogens is 2. The summed E-state index contributed by atoms with van der Waals surface area (Å²) in [4.78, 5) is 0.321. The van der Waals surface area contributed by atoms with Gasteiger partial charge in [-0.25, -0.2) is 4.68 Å². The van der Waals surface area contributed by atoms with E-state index in [1.165, 1.54) is 5.56 Å². The highest BCUT2D eigenvalue weighted by molar-refractivity contribution is 7.71. The molecule has 2 aromatic rings. The zero-order valence-electron chi connectivity index (χ0n) is 11.9. The third-order valence-corrected chi connectivity index (χ3v) is 3.18. The van der Waals surface area contributed by atoms with Gasteiger partial charge in [-0.3, -0.25) is 0 Å². The van der Waals surface area contributed by atoms with Gasteiger partial charge in [-0.05, 0) is 44.5 Å². The van der Waals surface area contributed by atoms with Gasteiger partial charge >= 0.3 is 0 Å². The van der Waals surface area contributed by atoms with E-state index in [1.54, 1.807) is 18.5 Å². The zero-order chi connectivity index (χ0) is 14.6. The Morgan fingerprint density at radius 1 is 1.25 bits per heavy atom. The Balaban J connectivity index is 1.91. The molecule has 5 heteroatoms. The van der Waals surface area contributed by atoms with Crippen LogP contribution in [0.15, 0.2) is 34.7 Å². The number of aliphatic hydroxyl groups is 1. The van der Waals surface area contributed by atoms with Gasteiger partial charge in [-0.1, -0.05) is 30.3 Å². The summed E-state index contributed by atoms with van der Waals surface area (Å²) in [5, 5.41) is 14.1. The van der Waals surface area contributed by atoms with Gasteiger partial charge in [0.05, 0.1) is 12.1 Å². The van der Waals surface area contributed by atoms with Crippen molar-refractivity contribution in [2.24, 2.45) is 0 Å². The van der Waals surface area contributed by atoms with Gasteiger partial charge in [0.15, 0.2) is 0 Å². The topological polar surface area (TPSA) is 51.2 Å². The first-order chi connectivity index (χ1) is 9.44. The molecule has 4 nitrogen and oxygen atoms in total. The van der Waals surface area contributed by atoms with Crippen molar-refractivity contribution in [2.75, 3.05) is 0 Å². The van der Waals surface area contributed by atoms with Crippen LogP contribution in [-0.4, -0.2) is 20.5 Å². The van der Waals surface area contributed by atoms with Gasteiger partial charge < -0.3 is 9.52 Å². The van der Waals surface area contributed by atoms with Crippen LogP contribution in [0.2, 0.25) is 0 Å². The van der Waals surface area contributed by atoms with Gasteiger partial charge in [0.1, 0.15) is 0 Å². The quantitative estimate of drug-likeness (QED) is 0.831. The molecular weight excluding hydrogens is 272 g/mol. The molecule has 0 radical (unpaired) electrons. The lowest BCUT2D eigenvalue weighted by atomic mass is 10.1. The van der Waals surface area contributed by atoms with E-state index in [0.717, 1.165) is 19.3 Å². The van der Waals surface area contributed by atoms with Crippen LogP contribution in [0, 0.1) is 4.84 Å². The van der Waals surface area contributed by atoms with Crippen molar-refractivity contribution >= 4 is 12.2 Å². The lowest BCUT2D eigenvalue weighted by Crippen LogP contribution is -2.26. The second kappa shape index (κ2) is 6.33. The summed E-state index contributed by atoms with van der Waals surface area (Å²) in [5.41, 5.74) is 0.457. The zero-order valence-corrected chi connectivity index (χ0v) is 12.7. The minimum atomic E-state index is -0.851. The van der Waals surface area contributed by atoms with Crippen LogP contribution < -0.4 is 0 Å². The average Bonchev–Trinajstić information content (AvgIpc) is 2.69. The summed E-state index contributed by atoms with van der Waals surface area (Å²) < 4.78 is 7.00. The molecule has 0 atom stereocenters. The molecule has 0 bridgehead atoms. The van der Waals surface area contributed by atoms with Crippen molar-refractivity contribution in [1.82, 2.24) is 9.78 Å². The molecule has 0 saturated carbocycles. The maximum absolute atomic E-state index is 9.78. The van der Waals surface area contributed by atoms with E-state index in [4.69, 9.17) is 16.6 Å². The molecule has 2 rings (SSSR count). The van der Waals surface area contributed by atoms with Crippen molar-refractivity contribution in [3.8, 4) is 0 Å². The second-order valence-electron chi connectivity index (χ2n) is 5.57. The van der Waals surface area contributed by atoms with Crippen molar-refractivity contribution < 1.29 is 9.52 Å². The van der Waals surface area contributed by atoms with Gasteiger partial charge in [0, 0.05) is 6.42 Å². The first-order valence-electron chi connectivity index (χ1n) is 6.77. The number of rotatable bonds is 6. The Morgan fingerprint density at radius 3 is 2.60 bits per heavy atom. The normalized spacial score (nSPS) is 11.8. The maximum Gasteiger partial charge on any atom is 0.287 e. The molecule has 108 valence electrons. The van der Waals surface area contributed by atoms with Gasteiger partial charge in [0.25, 0.3) is 4.84 Å². The van der Waals surface area contributed by atoms with Gasteiger partial charge in [0.2, 0.25) is 5.89 Å². The summed E-state index contributed by atoms with van der Waals surface area (Å²) in [5.74, 6) is 0.634. The summed E-state index contributed by atoms with van der Waals surface area (Å²) in [7, 11) is 0. The molecule has 0 aliphatic rings. The molecule has 1 heterocycles. The number of hydrogen-bond donors (Lipinski definition) is 1. The summed E-state index contributed by atoms with van der Waals surface area (Å²) in [6, 6.07) is 10.3. The van der Waals surface area contributed by atoms with E-state index in [-0.39, 0.29) is 0 Å². The highest BCUT2D eigenvalue weighted by Crippen LogP contribution is 2.10. The highest BCUT2D eigenvalue weighted by atomic mass is 32.1. The molecule has 0 saturated heterocycles. The molecule has 0 unspecified atom stereocenters. The van der Waals surface area contributed by atoms with Crippen LogP contribution in [0.1, 0.15) is 31.7 Å². The molecule has 0 aliphatic carbocycles. The summed E-state index contributed by atoms with van der Waals surface area (Å²) in [6.07, 6.45) is 2.70. The fourth-order valence-corrected chi connectivity index (χ4v) is 2.21. The lowest BCUT2D eigenvalue weighted by molar-refractivity contribution is 0.0564. The fourth-order valence-electron chi connectivity index (χ4n) is 2.01. The molecular formula is C15H20N2O2S. The monoisotopic (exact) mass is 292 g/mol. The second-order valence-corrected chi connectivity index (χ2v) is 5.92. The Hall–Kier alpha value is -1.46. The van der Waals surface area contributed by atoms with Crippen molar-refractivity contribution in [2.45, 2.75) is 45.3 Å². The average molecular weight is 292 g/mol. The predicted molar refractivity (Wildman–Crippen MR) is 80.1 cm³/mol. The van der Waals surface area contributed by atoms with Gasteiger partial charge in [-0.2, -0.15) is 0 Å². The Labute approximate surface area is 124 Å². The number of nitrogens with zero attached hydrogens (tertiary/aromatic N) is 2. The predicted octanol–water partition coefficient (Wildman–Crippen LogP) is 3.15. The van der Waals surface area contributed by atoms with Crippen molar-refractivity contribution in [3.05, 3.63) is 46.6 Å². The molecule has 1 aromatic carbocycles. The molecule has 1 N–H and O–H groups in total. The van der Waals surface area contributed by atoms with E-state index in [1.807, 2.05) is 18.2 Å². The van der Waals surface area contributed by atoms with Crippen LogP contribution in [-0.2, 0) is 19.4 Å². The SMILES string of the molecule is CC(C)(O)Cn1nc(CCCc2ccccc2)oc1=S. The van der Waals surface area contributed by atoms with Crippen LogP contribution in [0.4, 0.5) is 0 Å². The largest absolute Gasteiger partial charge is 0.414 e. The minimum Gasteiger partial charge on any atom is -0.414 e. The number of aryl methyl sites for hydroxylation is 2. The molecule has 1 aromatic heterocycles. The molecule has 20 heavy (non-hydrogen) atoms. The van der Waals surface area contributed by atoms with Gasteiger partial charge in [-0.15, -0.1) is 5.10 Å². The van der Waals surface area contributed by atoms with Crippen LogP contribution in [0.5, 0.6) is 0 Å². The standard InChI is InChI=1S/C15H20N2O2S/c1-15(2,18)11-17-14(20)19-13(16-17)10-6-9-12-7-4-3-5-8-12/h3-5,7-8,18H,6,9-11H2,1-2H3. The maximum atomic E-state index is 9.78. The third-order valence-electron chi connectivity index (χ3n) is 2.88. The van der Waals surface area contributed by atoms with E-state index in [9.17, 15) is 5.11 Å². The van der Waals surface area contributed by atoms with Crippen molar-refractivity contribution in [3.63, 3.8) is 0 Å². The number of benzene rings is 1. The van der Waals surface area contributed by atoms with E-state index in [0.29, 0.717) is 17.3 Å². The van der Waals surface area contributed by atoms with Crippen LogP contribution in [0.3, 0.4) is 0 Å². The van der Waals surface area contributed by atoms with Crippen LogP contribution in [0.25, 0.3) is 0 Å². The first kappa shape index (κ1) is 14.9. The van der Waals surface area contributed by atoms with Crippen LogP contribution >= 0.6 is 12.2 Å². The molecule has 0 amide bonds. The Morgan fingerprint density at radius 2 is 1.95 bits per heavy atom. The first-order valence-corrected chi connectivity index (χ1v) is 7.18. The minimum absolute atomic E-state index is 0.321. The van der Waals surface area contributed by atoms with E-state index < -0.39 is 5.60 Å². The fraction of sp³-hybridized carbons (Fsp3) is 0.467. The summed E-state index contributed by atoms with van der Waals surface area (Å²) in [6.45, 7) is 3.78. The number of hydrogen-bond acceptors (Lipinski definition) is 4. The molecule has 0 spiro atoms. The van der Waals surface area contributed by atoms with E-state index >= 15 is 0 Å². The Bertz CT molecular complexity index is 596. The molecule has 0 aliphatic heterocycles. The molecule has 0 fully saturated rings. The Kier molecular flexibility index (Phi) is 4.73. The smallest absolute Gasteiger partial charge is 0.287 e. The third kappa shape index (κ3) is 4.58. The summed E-state index contributed by atoms with van der Waals surface area (Å²) >= 11 is 5.11.